The fraction of sp³-hybridized carbons (Fsp3) is 0.750. The van der Waals surface area contributed by atoms with Gasteiger partial charge >= 0.3 is 0 Å². The van der Waals surface area contributed by atoms with E-state index in [1.165, 1.54) is 5.56 Å². The highest BCUT2D eigenvalue weighted by Gasteiger charge is 2.32. The topological polar surface area (TPSA) is 72.5 Å². The second-order valence-electron chi connectivity index (χ2n) is 6.60. The van der Waals surface area contributed by atoms with Gasteiger partial charge in [-0.1, -0.05) is 0 Å². The lowest BCUT2D eigenvalue weighted by molar-refractivity contribution is -0.129. The van der Waals surface area contributed by atoms with E-state index in [9.17, 15) is 9.90 Å². The first-order chi connectivity index (χ1) is 10.6. The summed E-state index contributed by atoms with van der Waals surface area (Å²) < 4.78 is 0. The van der Waals surface area contributed by atoms with Crippen LogP contribution in [0.5, 0.6) is 0 Å². The van der Waals surface area contributed by atoms with E-state index in [2.05, 4.69) is 22.0 Å². The van der Waals surface area contributed by atoms with Crippen LogP contribution in [0, 0.1) is 13.8 Å². The summed E-state index contributed by atoms with van der Waals surface area (Å²) in [7, 11) is 0. The van der Waals surface area contributed by atoms with Gasteiger partial charge in [0.05, 0.1) is 11.8 Å². The van der Waals surface area contributed by atoms with Crippen molar-refractivity contribution in [2.75, 3.05) is 26.2 Å². The Morgan fingerprint density at radius 2 is 2.14 bits per heavy atom. The van der Waals surface area contributed by atoms with Gasteiger partial charge in [-0.2, -0.15) is 5.10 Å². The van der Waals surface area contributed by atoms with Crippen molar-refractivity contribution in [3.63, 3.8) is 0 Å². The minimum atomic E-state index is -0.477. The van der Waals surface area contributed by atoms with Gasteiger partial charge in [-0.05, 0) is 39.7 Å². The summed E-state index contributed by atoms with van der Waals surface area (Å²) >= 11 is 0. The molecule has 1 amide bonds. The number of aromatic nitrogens is 2. The van der Waals surface area contributed by atoms with Crippen LogP contribution in [0.2, 0.25) is 0 Å². The molecular weight excluding hydrogens is 280 g/mol. The van der Waals surface area contributed by atoms with Crippen LogP contribution in [0.1, 0.15) is 48.7 Å². The van der Waals surface area contributed by atoms with Crippen molar-refractivity contribution in [2.24, 2.45) is 0 Å². The lowest BCUT2D eigenvalue weighted by atomic mass is 10.0. The van der Waals surface area contributed by atoms with Crippen LogP contribution in [0.4, 0.5) is 0 Å². The largest absolute Gasteiger partial charge is 0.390 e. The highest BCUT2D eigenvalue weighted by atomic mass is 16.3. The molecule has 1 aromatic rings. The van der Waals surface area contributed by atoms with E-state index in [1.807, 2.05) is 6.92 Å². The molecular formula is C16H26N4O2. The van der Waals surface area contributed by atoms with E-state index in [-0.39, 0.29) is 5.91 Å². The lowest BCUT2D eigenvalue weighted by Crippen LogP contribution is -2.40. The first-order valence-electron chi connectivity index (χ1n) is 8.27. The molecule has 0 saturated carbocycles. The molecule has 3 heterocycles. The number of rotatable bonds is 5. The van der Waals surface area contributed by atoms with E-state index in [0.717, 1.165) is 43.7 Å². The minimum Gasteiger partial charge on any atom is -0.390 e. The summed E-state index contributed by atoms with van der Waals surface area (Å²) in [5.41, 5.74) is 3.46. The van der Waals surface area contributed by atoms with Crippen molar-refractivity contribution < 1.29 is 9.90 Å². The third-order valence-corrected chi connectivity index (χ3v) is 4.93. The second kappa shape index (κ2) is 6.38. The molecule has 2 N–H and O–H groups in total. The number of β-amino-alcohol motifs (C(OH)–C–C–N with tert-alkyl or cyclic N) is 1. The Morgan fingerprint density at radius 1 is 1.32 bits per heavy atom. The summed E-state index contributed by atoms with van der Waals surface area (Å²) in [5, 5.41) is 17.7. The molecule has 2 atom stereocenters. The molecule has 1 aromatic heterocycles. The van der Waals surface area contributed by atoms with Crippen molar-refractivity contribution in [3.05, 3.63) is 17.0 Å². The van der Waals surface area contributed by atoms with Gasteiger partial charge in [-0.15, -0.1) is 0 Å². The number of aryl methyl sites for hydroxylation is 2. The van der Waals surface area contributed by atoms with Crippen molar-refractivity contribution in [1.29, 1.82) is 0 Å². The Labute approximate surface area is 131 Å². The van der Waals surface area contributed by atoms with Crippen molar-refractivity contribution in [1.82, 2.24) is 20.0 Å². The van der Waals surface area contributed by atoms with E-state index in [1.54, 1.807) is 4.90 Å². The zero-order valence-electron chi connectivity index (χ0n) is 13.5. The zero-order valence-corrected chi connectivity index (χ0v) is 13.5. The third kappa shape index (κ3) is 3.03. The summed E-state index contributed by atoms with van der Waals surface area (Å²) in [4.78, 5) is 15.8. The maximum Gasteiger partial charge on any atom is 0.222 e. The average Bonchev–Trinajstić information content (AvgIpc) is 3.14. The number of aliphatic hydroxyl groups is 1. The second-order valence-corrected chi connectivity index (χ2v) is 6.60. The van der Waals surface area contributed by atoms with Gasteiger partial charge < -0.3 is 10.0 Å². The van der Waals surface area contributed by atoms with Crippen LogP contribution in [0.25, 0.3) is 0 Å². The van der Waals surface area contributed by atoms with Gasteiger partial charge in [0.15, 0.2) is 0 Å². The van der Waals surface area contributed by atoms with Crippen LogP contribution < -0.4 is 0 Å². The summed E-state index contributed by atoms with van der Waals surface area (Å²) in [6.45, 7) is 6.97. The molecule has 6 heteroatoms. The average molecular weight is 306 g/mol. The predicted molar refractivity (Wildman–Crippen MR) is 83.4 cm³/mol. The maximum atomic E-state index is 11.7. The standard InChI is InChI=1S/C16H26N4O2/c1-11-16(12(2)18-17-11)14-5-3-7-19(14)9-13(21)10-20-8-4-6-15(20)22/h13-14,21H,3-10H2,1-2H3,(H,17,18). The van der Waals surface area contributed by atoms with Crippen LogP contribution in [-0.4, -0.2) is 63.3 Å². The zero-order chi connectivity index (χ0) is 15.7. The smallest absolute Gasteiger partial charge is 0.222 e. The summed E-state index contributed by atoms with van der Waals surface area (Å²) in [5.74, 6) is 0.179. The van der Waals surface area contributed by atoms with Crippen LogP contribution in [0.15, 0.2) is 0 Å². The van der Waals surface area contributed by atoms with Gasteiger partial charge in [-0.3, -0.25) is 14.8 Å². The molecule has 2 unspecified atom stereocenters. The number of nitrogens with zero attached hydrogens (tertiary/aromatic N) is 3. The van der Waals surface area contributed by atoms with Gasteiger partial charge in [0.2, 0.25) is 5.91 Å². The number of aliphatic hydroxyl groups excluding tert-OH is 1. The molecule has 0 aromatic carbocycles. The van der Waals surface area contributed by atoms with Crippen molar-refractivity contribution >= 4 is 5.91 Å². The predicted octanol–water partition coefficient (Wildman–Crippen LogP) is 1.15. The number of hydrogen-bond acceptors (Lipinski definition) is 4. The normalized spacial score (nSPS) is 24.4. The minimum absolute atomic E-state index is 0.179. The van der Waals surface area contributed by atoms with Crippen molar-refractivity contribution in [3.8, 4) is 0 Å². The molecule has 0 radical (unpaired) electrons. The monoisotopic (exact) mass is 306 g/mol. The first-order valence-corrected chi connectivity index (χ1v) is 8.27. The number of H-pyrrole nitrogens is 1. The third-order valence-electron chi connectivity index (χ3n) is 4.93. The van der Waals surface area contributed by atoms with Gasteiger partial charge in [0.1, 0.15) is 0 Å². The van der Waals surface area contributed by atoms with Gasteiger partial charge in [0, 0.05) is 43.4 Å². The Morgan fingerprint density at radius 3 is 2.77 bits per heavy atom. The lowest BCUT2D eigenvalue weighted by Gasteiger charge is -2.29. The molecule has 2 aliphatic heterocycles. The molecule has 2 fully saturated rings. The molecule has 6 nitrogen and oxygen atoms in total. The van der Waals surface area contributed by atoms with Gasteiger partial charge in [-0.25, -0.2) is 0 Å². The number of hydrogen-bond donors (Lipinski definition) is 2. The molecule has 22 heavy (non-hydrogen) atoms. The quantitative estimate of drug-likeness (QED) is 0.856. The first kappa shape index (κ1) is 15.5. The Hall–Kier alpha value is -1.40. The van der Waals surface area contributed by atoms with Crippen LogP contribution in [0.3, 0.4) is 0 Å². The van der Waals surface area contributed by atoms with Crippen molar-refractivity contribution in [2.45, 2.75) is 51.7 Å². The Bertz CT molecular complexity index is 523. The number of amides is 1. The number of carbonyl (C=O) groups is 1. The highest BCUT2D eigenvalue weighted by Crippen LogP contribution is 2.34. The molecule has 2 saturated heterocycles. The summed E-state index contributed by atoms with van der Waals surface area (Å²) in [6, 6.07) is 0.336. The van der Waals surface area contributed by atoms with Crippen LogP contribution >= 0.6 is 0 Å². The number of likely N-dealkylation sites (tertiary alicyclic amines) is 2. The number of aromatic amines is 1. The summed E-state index contributed by atoms with van der Waals surface area (Å²) in [6.07, 6.45) is 3.33. The molecule has 0 spiro atoms. The fourth-order valence-electron chi connectivity index (χ4n) is 3.90. The highest BCUT2D eigenvalue weighted by molar-refractivity contribution is 5.78. The molecule has 0 bridgehead atoms. The van der Waals surface area contributed by atoms with Gasteiger partial charge in [0.25, 0.3) is 0 Å². The Balaban J connectivity index is 1.62. The molecule has 0 aliphatic carbocycles. The van der Waals surface area contributed by atoms with Crippen LogP contribution in [-0.2, 0) is 4.79 Å². The van der Waals surface area contributed by atoms with E-state index in [4.69, 9.17) is 0 Å². The maximum absolute atomic E-state index is 11.7. The number of nitrogens with one attached hydrogen (secondary N) is 1. The SMILES string of the molecule is Cc1n[nH]c(C)c1C1CCCN1CC(O)CN1CCCC1=O. The fourth-order valence-corrected chi connectivity index (χ4v) is 3.90. The molecule has 122 valence electrons. The molecule has 2 aliphatic rings. The Kier molecular flexibility index (Phi) is 4.49. The molecule has 3 rings (SSSR count). The number of carbonyl (C=O) groups excluding carboxylic acids is 1. The van der Waals surface area contributed by atoms with E-state index >= 15 is 0 Å². The van der Waals surface area contributed by atoms with E-state index < -0.39 is 6.10 Å². The van der Waals surface area contributed by atoms with E-state index in [0.29, 0.717) is 25.6 Å².